The van der Waals surface area contributed by atoms with Crippen molar-refractivity contribution in [2.24, 2.45) is 5.92 Å². The highest BCUT2D eigenvalue weighted by molar-refractivity contribution is 14.2. The van der Waals surface area contributed by atoms with Gasteiger partial charge in [0.2, 0.25) is 0 Å². The Morgan fingerprint density at radius 2 is 2.21 bits per heavy atom. The maximum Gasteiger partial charge on any atom is 0.190 e. The Bertz CT molecular complexity index is 577. The maximum absolute atomic E-state index is 10.0. The van der Waals surface area contributed by atoms with Crippen molar-refractivity contribution in [1.82, 2.24) is 0 Å². The molecule has 2 N–H and O–H groups in total. The van der Waals surface area contributed by atoms with Gasteiger partial charge < -0.3 is 10.2 Å². The van der Waals surface area contributed by atoms with Crippen LogP contribution in [-0.2, 0) is 0 Å². The SMILES string of the molecule is CC1CC=CC(C2=IC=C3CCC(O)(O)C3=C2)=C1I. The lowest BCUT2D eigenvalue weighted by atomic mass is 9.94. The molecule has 1 atom stereocenters. The van der Waals surface area contributed by atoms with Crippen molar-refractivity contribution in [2.75, 3.05) is 0 Å². The van der Waals surface area contributed by atoms with E-state index in [9.17, 15) is 10.2 Å². The predicted octanol–water partition coefficient (Wildman–Crippen LogP) is 3.71. The minimum Gasteiger partial charge on any atom is -0.362 e. The summed E-state index contributed by atoms with van der Waals surface area (Å²) in [7, 11) is 0. The number of halogens is 2. The van der Waals surface area contributed by atoms with Crippen molar-refractivity contribution < 1.29 is 10.2 Å². The van der Waals surface area contributed by atoms with Gasteiger partial charge in [-0.2, -0.15) is 0 Å². The fourth-order valence-electron chi connectivity index (χ4n) is 2.61. The van der Waals surface area contributed by atoms with Crippen LogP contribution in [0.1, 0.15) is 26.2 Å². The summed E-state index contributed by atoms with van der Waals surface area (Å²) in [6.07, 6.45) is 8.83. The third-order valence-electron chi connectivity index (χ3n) is 3.82. The normalized spacial score (nSPS) is 29.3. The molecule has 0 aromatic heterocycles. The molecule has 0 radical (unpaired) electrons. The molecular formula is C15H16I2O2. The Kier molecular flexibility index (Phi) is 3.87. The van der Waals surface area contributed by atoms with Crippen LogP contribution in [0.5, 0.6) is 0 Å². The second kappa shape index (κ2) is 5.20. The van der Waals surface area contributed by atoms with E-state index >= 15 is 0 Å². The first-order valence-electron chi connectivity index (χ1n) is 6.42. The third kappa shape index (κ3) is 2.56. The van der Waals surface area contributed by atoms with Crippen LogP contribution in [0.25, 0.3) is 0 Å². The number of hydrogen-bond donors (Lipinski definition) is 2. The molecule has 1 fully saturated rings. The second-order valence-corrected chi connectivity index (χ2v) is 8.84. The van der Waals surface area contributed by atoms with E-state index in [2.05, 4.69) is 45.7 Å². The minimum absolute atomic E-state index is 0.157. The number of fused-ring (bicyclic) bond motifs is 1. The zero-order chi connectivity index (χ0) is 13.6. The molecule has 0 aromatic rings. The van der Waals surface area contributed by atoms with Crippen molar-refractivity contribution in [3.05, 3.63) is 42.6 Å². The van der Waals surface area contributed by atoms with E-state index < -0.39 is 5.79 Å². The lowest BCUT2D eigenvalue weighted by Crippen LogP contribution is -2.26. The fraction of sp³-hybridized carbons (Fsp3) is 0.400. The number of aliphatic hydroxyl groups is 2. The van der Waals surface area contributed by atoms with E-state index in [-0.39, 0.29) is 20.7 Å². The average Bonchev–Trinajstić information content (AvgIpc) is 2.69. The van der Waals surface area contributed by atoms with Crippen LogP contribution < -0.4 is 0 Å². The van der Waals surface area contributed by atoms with E-state index in [1.165, 1.54) is 12.7 Å². The molecule has 4 heteroatoms. The fourth-order valence-corrected chi connectivity index (χ4v) is 6.50. The standard InChI is InChI=1S/C15H16I2O2/c1-9-3-2-4-11(14(9)16)13-7-12-10(8-17-13)5-6-15(12,18)19/h2,4,7-9,18-19H,3,5-6H2,1H3. The largest absolute Gasteiger partial charge is 0.362 e. The summed E-state index contributed by atoms with van der Waals surface area (Å²) in [4.78, 5) is 0. The van der Waals surface area contributed by atoms with E-state index in [0.717, 1.165) is 24.0 Å². The van der Waals surface area contributed by atoms with E-state index in [0.29, 0.717) is 12.3 Å². The summed E-state index contributed by atoms with van der Waals surface area (Å²) in [6, 6.07) is 0. The highest BCUT2D eigenvalue weighted by atomic mass is 127. The van der Waals surface area contributed by atoms with Crippen LogP contribution in [0.3, 0.4) is 0 Å². The van der Waals surface area contributed by atoms with Gasteiger partial charge in [-0.3, -0.25) is 0 Å². The van der Waals surface area contributed by atoms with Crippen LogP contribution >= 0.6 is 43.3 Å². The summed E-state index contributed by atoms with van der Waals surface area (Å²) >= 11 is 2.29. The zero-order valence-corrected chi connectivity index (χ0v) is 15.0. The lowest BCUT2D eigenvalue weighted by molar-refractivity contribution is -0.120. The Hall–Kier alpha value is 0.210. The van der Waals surface area contributed by atoms with E-state index in [4.69, 9.17) is 0 Å². The van der Waals surface area contributed by atoms with Gasteiger partial charge in [0.05, 0.1) is 0 Å². The van der Waals surface area contributed by atoms with Crippen molar-refractivity contribution in [3.63, 3.8) is 0 Å². The molecule has 0 bridgehead atoms. The highest BCUT2D eigenvalue weighted by Crippen LogP contribution is 2.43. The molecule has 2 aliphatic carbocycles. The minimum atomic E-state index is -1.61. The molecule has 3 rings (SSSR count). The Morgan fingerprint density at radius 3 is 3.00 bits per heavy atom. The topological polar surface area (TPSA) is 40.5 Å². The van der Waals surface area contributed by atoms with E-state index in [1.807, 2.05) is 6.08 Å². The van der Waals surface area contributed by atoms with Crippen LogP contribution in [0.15, 0.2) is 42.6 Å². The molecule has 0 spiro atoms. The smallest absolute Gasteiger partial charge is 0.190 e. The van der Waals surface area contributed by atoms with Crippen molar-refractivity contribution in [1.29, 1.82) is 0 Å². The van der Waals surface area contributed by atoms with Gasteiger partial charge in [-0.25, -0.2) is 0 Å². The Morgan fingerprint density at radius 1 is 1.42 bits per heavy atom. The summed E-state index contributed by atoms with van der Waals surface area (Å²) in [5.74, 6) is -1.03. The van der Waals surface area contributed by atoms with Gasteiger partial charge >= 0.3 is 0 Å². The summed E-state index contributed by atoms with van der Waals surface area (Å²) < 4.78 is 4.99. The maximum atomic E-state index is 10.0. The summed E-state index contributed by atoms with van der Waals surface area (Å²) in [5.41, 5.74) is 3.21. The Labute approximate surface area is 136 Å². The summed E-state index contributed by atoms with van der Waals surface area (Å²) in [5, 5.41) is 20.1. The van der Waals surface area contributed by atoms with Crippen molar-refractivity contribution in [2.45, 2.75) is 32.0 Å². The van der Waals surface area contributed by atoms with Gasteiger partial charge in [-0.15, -0.1) is 0 Å². The third-order valence-corrected chi connectivity index (χ3v) is 8.09. The molecular weight excluding hydrogens is 466 g/mol. The van der Waals surface area contributed by atoms with Gasteiger partial charge in [0, 0.05) is 19.1 Å². The van der Waals surface area contributed by atoms with E-state index in [1.54, 1.807) is 0 Å². The predicted molar refractivity (Wildman–Crippen MR) is 95.6 cm³/mol. The van der Waals surface area contributed by atoms with Crippen LogP contribution in [0, 0.1) is 5.92 Å². The van der Waals surface area contributed by atoms with Gasteiger partial charge in [-0.1, -0.05) is 39.8 Å². The van der Waals surface area contributed by atoms with Crippen molar-refractivity contribution >= 4 is 46.8 Å². The number of hydrogen-bond acceptors (Lipinski definition) is 2. The first-order valence-corrected chi connectivity index (χ1v) is 9.82. The van der Waals surface area contributed by atoms with Crippen LogP contribution in [0.4, 0.5) is 0 Å². The molecule has 102 valence electrons. The summed E-state index contributed by atoms with van der Waals surface area (Å²) in [6.45, 7) is 2.25. The monoisotopic (exact) mass is 482 g/mol. The average molecular weight is 482 g/mol. The van der Waals surface area contributed by atoms with Crippen LogP contribution in [-0.4, -0.2) is 19.5 Å². The Balaban J connectivity index is 2.03. The van der Waals surface area contributed by atoms with Gasteiger partial charge in [0.25, 0.3) is 0 Å². The molecule has 0 amide bonds. The first kappa shape index (κ1) is 14.2. The first-order chi connectivity index (χ1) is 8.99. The molecule has 0 aromatic carbocycles. The molecule has 1 saturated carbocycles. The molecule has 3 aliphatic rings. The quantitative estimate of drug-likeness (QED) is 0.442. The lowest BCUT2D eigenvalue weighted by Gasteiger charge is -2.22. The number of rotatable bonds is 1. The van der Waals surface area contributed by atoms with Crippen molar-refractivity contribution in [3.8, 4) is 0 Å². The molecule has 1 aliphatic heterocycles. The number of allylic oxidation sites excluding steroid dienone is 5. The molecule has 19 heavy (non-hydrogen) atoms. The molecule has 1 heterocycles. The highest BCUT2D eigenvalue weighted by Gasteiger charge is 2.38. The van der Waals surface area contributed by atoms with Gasteiger partial charge in [0.1, 0.15) is 0 Å². The second-order valence-electron chi connectivity index (χ2n) is 5.27. The molecule has 1 unspecified atom stereocenters. The van der Waals surface area contributed by atoms with Gasteiger partial charge in [0.15, 0.2) is 5.79 Å². The van der Waals surface area contributed by atoms with Gasteiger partial charge in [-0.05, 0) is 62.7 Å². The van der Waals surface area contributed by atoms with Crippen LogP contribution in [0.2, 0.25) is 0 Å². The molecule has 0 saturated heterocycles. The molecule has 2 nitrogen and oxygen atoms in total. The zero-order valence-electron chi connectivity index (χ0n) is 10.7.